The molecule has 1 aromatic rings. The van der Waals surface area contributed by atoms with Gasteiger partial charge in [0, 0.05) is 48.6 Å². The van der Waals surface area contributed by atoms with Crippen molar-refractivity contribution < 1.29 is 18.3 Å². The van der Waals surface area contributed by atoms with Crippen molar-refractivity contribution in [3.8, 4) is 0 Å². The number of allylic oxidation sites excluding steroid dienone is 1. The van der Waals surface area contributed by atoms with Gasteiger partial charge >= 0.3 is 6.03 Å². The number of halogens is 2. The maximum atomic E-state index is 14.2. The topological polar surface area (TPSA) is 70.8 Å². The quantitative estimate of drug-likeness (QED) is 0.792. The number of amides is 2. The average molecular weight is 418 g/mol. The van der Waals surface area contributed by atoms with Crippen LogP contribution < -0.4 is 11.1 Å². The van der Waals surface area contributed by atoms with Crippen LogP contribution in [0.4, 0.5) is 13.6 Å². The van der Waals surface area contributed by atoms with Crippen molar-refractivity contribution in [2.24, 2.45) is 5.73 Å². The smallest absolute Gasteiger partial charge is 0.321 e. The summed E-state index contributed by atoms with van der Waals surface area (Å²) in [5.74, 6) is -0.989. The molecule has 30 heavy (non-hydrogen) atoms. The van der Waals surface area contributed by atoms with E-state index in [0.717, 1.165) is 63.0 Å². The Kier molecular flexibility index (Phi) is 5.14. The molecule has 1 saturated heterocycles. The van der Waals surface area contributed by atoms with E-state index >= 15 is 0 Å². The molecule has 0 aromatic heterocycles. The van der Waals surface area contributed by atoms with E-state index in [2.05, 4.69) is 10.2 Å². The van der Waals surface area contributed by atoms with E-state index < -0.39 is 23.8 Å². The second-order valence-electron chi connectivity index (χ2n) is 8.79. The summed E-state index contributed by atoms with van der Waals surface area (Å²) in [6.07, 6.45) is 4.83. The fourth-order valence-corrected chi connectivity index (χ4v) is 5.01. The summed E-state index contributed by atoms with van der Waals surface area (Å²) in [5.41, 5.74) is 8.87. The molecule has 3 N–H and O–H groups in total. The second kappa shape index (κ2) is 7.81. The number of nitrogens with zero attached hydrogens (tertiary/aromatic N) is 2. The molecule has 5 rings (SSSR count). The maximum Gasteiger partial charge on any atom is 0.321 e. The first kappa shape index (κ1) is 19.8. The Labute approximate surface area is 175 Å². The van der Waals surface area contributed by atoms with Crippen LogP contribution in [0.5, 0.6) is 0 Å². The van der Waals surface area contributed by atoms with E-state index in [1.807, 2.05) is 4.90 Å². The third-order valence-corrected chi connectivity index (χ3v) is 6.65. The Morgan fingerprint density at radius 1 is 1.17 bits per heavy atom. The third-order valence-electron chi connectivity index (χ3n) is 6.65. The van der Waals surface area contributed by atoms with Crippen LogP contribution in [0, 0.1) is 11.6 Å². The average Bonchev–Trinajstić information content (AvgIpc) is 3.44. The zero-order chi connectivity index (χ0) is 20.8. The summed E-state index contributed by atoms with van der Waals surface area (Å²) in [4.78, 5) is 16.9. The fraction of sp³-hybridized carbons (Fsp3) is 0.591. The standard InChI is InChI=1S/C22H28F2N4O2/c23-13-3-6-17(24)16(10-13)21-18(25)11-15(12-30-21)27-9-7-20-19(27)2-1-8-28(20)22(29)26-14-4-5-14/h3,6,10,14-15,18,21H,1-2,4-5,7-9,11-12,25H2,(H,26,29)/t15-,18+,21-/m1/s1. The van der Waals surface area contributed by atoms with E-state index in [1.54, 1.807) is 0 Å². The number of ether oxygens (including phenoxy) is 1. The second-order valence-corrected chi connectivity index (χ2v) is 8.79. The lowest BCUT2D eigenvalue weighted by Gasteiger charge is -2.41. The highest BCUT2D eigenvalue weighted by Crippen LogP contribution is 2.39. The minimum atomic E-state index is -0.653. The number of nitrogens with two attached hydrogens (primary N) is 1. The van der Waals surface area contributed by atoms with Crippen LogP contribution >= 0.6 is 0 Å². The number of benzene rings is 1. The van der Waals surface area contributed by atoms with Crippen LogP contribution in [0.1, 0.15) is 50.2 Å². The first-order valence-corrected chi connectivity index (χ1v) is 10.9. The van der Waals surface area contributed by atoms with Crippen molar-refractivity contribution in [3.05, 3.63) is 46.8 Å². The molecule has 2 fully saturated rings. The number of rotatable bonds is 3. The lowest BCUT2D eigenvalue weighted by molar-refractivity contribution is -0.0435. The van der Waals surface area contributed by atoms with E-state index in [1.165, 1.54) is 11.8 Å². The Bertz CT molecular complexity index is 873. The summed E-state index contributed by atoms with van der Waals surface area (Å²) >= 11 is 0. The molecule has 0 radical (unpaired) electrons. The van der Waals surface area contributed by atoms with Gasteiger partial charge in [-0.2, -0.15) is 0 Å². The van der Waals surface area contributed by atoms with Gasteiger partial charge in [-0.05, 0) is 50.3 Å². The number of hydrogen-bond donors (Lipinski definition) is 2. The van der Waals surface area contributed by atoms with E-state index in [-0.39, 0.29) is 17.6 Å². The van der Waals surface area contributed by atoms with Gasteiger partial charge in [0.1, 0.15) is 17.7 Å². The van der Waals surface area contributed by atoms with Crippen molar-refractivity contribution in [1.82, 2.24) is 15.1 Å². The van der Waals surface area contributed by atoms with Gasteiger partial charge in [-0.1, -0.05) is 0 Å². The number of urea groups is 1. The zero-order valence-electron chi connectivity index (χ0n) is 16.9. The van der Waals surface area contributed by atoms with Crippen LogP contribution in [-0.4, -0.2) is 53.7 Å². The molecule has 1 aliphatic carbocycles. The molecule has 3 heterocycles. The van der Waals surface area contributed by atoms with Gasteiger partial charge in [-0.3, -0.25) is 4.90 Å². The molecule has 3 aliphatic heterocycles. The summed E-state index contributed by atoms with van der Waals surface area (Å²) < 4.78 is 33.8. The Hall–Kier alpha value is -2.19. The molecular formula is C22H28F2N4O2. The maximum absolute atomic E-state index is 14.2. The third kappa shape index (κ3) is 3.67. The number of hydrogen-bond acceptors (Lipinski definition) is 4. The highest BCUT2D eigenvalue weighted by atomic mass is 19.1. The largest absolute Gasteiger partial charge is 0.370 e. The van der Waals surface area contributed by atoms with Gasteiger partial charge < -0.3 is 20.7 Å². The van der Waals surface area contributed by atoms with Crippen LogP contribution in [0.15, 0.2) is 29.6 Å². The summed E-state index contributed by atoms with van der Waals surface area (Å²) in [7, 11) is 0. The van der Waals surface area contributed by atoms with Crippen molar-refractivity contribution >= 4 is 6.03 Å². The lowest BCUT2D eigenvalue weighted by Crippen LogP contribution is -2.49. The zero-order valence-corrected chi connectivity index (χ0v) is 16.9. The summed E-state index contributed by atoms with van der Waals surface area (Å²) in [6, 6.07) is 3.40. The van der Waals surface area contributed by atoms with Gasteiger partial charge in [0.15, 0.2) is 0 Å². The highest BCUT2D eigenvalue weighted by molar-refractivity contribution is 5.77. The molecule has 0 unspecified atom stereocenters. The van der Waals surface area contributed by atoms with Crippen molar-refractivity contribution in [2.75, 3.05) is 19.7 Å². The Morgan fingerprint density at radius 2 is 2.00 bits per heavy atom. The number of carbonyl (C=O) groups is 1. The van der Waals surface area contributed by atoms with Gasteiger partial charge in [0.25, 0.3) is 0 Å². The van der Waals surface area contributed by atoms with Gasteiger partial charge in [-0.25, -0.2) is 13.6 Å². The minimum absolute atomic E-state index is 0.0183. The summed E-state index contributed by atoms with van der Waals surface area (Å²) in [6.45, 7) is 1.99. The molecule has 4 aliphatic rings. The number of carbonyl (C=O) groups excluding carboxylic acids is 1. The molecule has 1 aromatic carbocycles. The van der Waals surface area contributed by atoms with E-state index in [0.29, 0.717) is 19.1 Å². The van der Waals surface area contributed by atoms with Crippen LogP contribution in [0.3, 0.4) is 0 Å². The predicted molar refractivity (Wildman–Crippen MR) is 107 cm³/mol. The molecule has 0 bridgehead atoms. The molecule has 8 heteroatoms. The number of nitrogens with one attached hydrogen (secondary N) is 1. The van der Waals surface area contributed by atoms with Crippen LogP contribution in [0.25, 0.3) is 0 Å². The monoisotopic (exact) mass is 418 g/mol. The molecule has 0 spiro atoms. The van der Waals surface area contributed by atoms with Crippen LogP contribution in [0.2, 0.25) is 0 Å². The lowest BCUT2D eigenvalue weighted by atomic mass is 9.93. The SMILES string of the molecule is N[C@H]1C[C@@H](N2CCC3=C2CCCN3C(=O)NC2CC2)CO[C@@H]1c1cc(F)ccc1F. The molecule has 1 saturated carbocycles. The van der Waals surface area contributed by atoms with E-state index in [4.69, 9.17) is 10.5 Å². The summed E-state index contributed by atoms with van der Waals surface area (Å²) in [5, 5.41) is 3.09. The fourth-order valence-electron chi connectivity index (χ4n) is 5.01. The molecule has 3 atom stereocenters. The van der Waals surface area contributed by atoms with Gasteiger partial charge in [-0.15, -0.1) is 0 Å². The Balaban J connectivity index is 1.29. The molecule has 6 nitrogen and oxygen atoms in total. The molecular weight excluding hydrogens is 390 g/mol. The van der Waals surface area contributed by atoms with Crippen molar-refractivity contribution in [2.45, 2.75) is 62.8 Å². The first-order chi connectivity index (χ1) is 14.5. The Morgan fingerprint density at radius 3 is 2.77 bits per heavy atom. The van der Waals surface area contributed by atoms with Gasteiger partial charge in [0.05, 0.1) is 12.6 Å². The first-order valence-electron chi connectivity index (χ1n) is 10.9. The van der Waals surface area contributed by atoms with E-state index in [9.17, 15) is 13.6 Å². The van der Waals surface area contributed by atoms with Crippen LogP contribution in [-0.2, 0) is 4.74 Å². The normalized spacial score (nSPS) is 29.2. The molecule has 2 amide bonds. The minimum Gasteiger partial charge on any atom is -0.370 e. The van der Waals surface area contributed by atoms with Crippen molar-refractivity contribution in [3.63, 3.8) is 0 Å². The highest BCUT2D eigenvalue weighted by Gasteiger charge is 2.40. The van der Waals surface area contributed by atoms with Gasteiger partial charge in [0.2, 0.25) is 0 Å². The van der Waals surface area contributed by atoms with Crippen molar-refractivity contribution in [1.29, 1.82) is 0 Å². The predicted octanol–water partition coefficient (Wildman–Crippen LogP) is 3.01. The molecule has 162 valence electrons.